The Labute approximate surface area is 147 Å². The fourth-order valence-corrected chi connectivity index (χ4v) is 3.04. The molecule has 1 amide bonds. The summed E-state index contributed by atoms with van der Waals surface area (Å²) in [6.07, 6.45) is 7.59. The molecule has 6 heteroatoms. The lowest BCUT2D eigenvalue weighted by molar-refractivity contribution is 0.0938. The summed E-state index contributed by atoms with van der Waals surface area (Å²) < 4.78 is 16.1. The summed E-state index contributed by atoms with van der Waals surface area (Å²) in [5.74, 6) is 2.13. The number of rotatable bonds is 7. The second-order valence-corrected chi connectivity index (χ2v) is 6.31. The second-order valence-electron chi connectivity index (χ2n) is 6.31. The van der Waals surface area contributed by atoms with Crippen LogP contribution in [0.25, 0.3) is 0 Å². The number of benzene rings is 1. The largest absolute Gasteiger partial charge is 0.497 e. The van der Waals surface area contributed by atoms with Gasteiger partial charge in [-0.2, -0.15) is 0 Å². The Kier molecular flexibility index (Phi) is 5.93. The van der Waals surface area contributed by atoms with Gasteiger partial charge in [0.15, 0.2) is 12.3 Å². The highest BCUT2D eigenvalue weighted by atomic mass is 16.5. The number of hydrogen-bond acceptors (Lipinski definition) is 5. The molecular formula is C19H24N2O4. The van der Waals surface area contributed by atoms with Gasteiger partial charge in [0.1, 0.15) is 17.8 Å². The van der Waals surface area contributed by atoms with E-state index in [-0.39, 0.29) is 12.5 Å². The first kappa shape index (κ1) is 17.3. The van der Waals surface area contributed by atoms with Gasteiger partial charge in [0.2, 0.25) is 5.89 Å². The molecule has 0 spiro atoms. The van der Waals surface area contributed by atoms with Gasteiger partial charge in [0.05, 0.1) is 7.11 Å². The number of oxazole rings is 1. The van der Waals surface area contributed by atoms with Crippen molar-refractivity contribution in [2.24, 2.45) is 5.92 Å². The number of nitrogens with zero attached hydrogens (tertiary/aromatic N) is 1. The number of amides is 1. The third kappa shape index (κ3) is 4.98. The fourth-order valence-electron chi connectivity index (χ4n) is 3.04. The zero-order chi connectivity index (χ0) is 17.5. The van der Waals surface area contributed by atoms with Crippen LogP contribution in [0.3, 0.4) is 0 Å². The number of methoxy groups -OCH3 is 1. The normalized spacial score (nSPS) is 14.9. The summed E-state index contributed by atoms with van der Waals surface area (Å²) in [6.45, 7) is 0.865. The van der Waals surface area contributed by atoms with E-state index < -0.39 is 0 Å². The van der Waals surface area contributed by atoms with Crippen molar-refractivity contribution < 1.29 is 18.7 Å². The minimum atomic E-state index is -0.193. The molecule has 1 aromatic carbocycles. The average molecular weight is 344 g/mol. The van der Waals surface area contributed by atoms with Crippen LogP contribution >= 0.6 is 0 Å². The Morgan fingerprint density at radius 3 is 2.88 bits per heavy atom. The number of ether oxygens (including phenoxy) is 2. The molecule has 1 N–H and O–H groups in total. The number of nitrogens with one attached hydrogen (secondary N) is 1. The molecule has 1 saturated carbocycles. The lowest BCUT2D eigenvalue weighted by atomic mass is 9.89. The molecule has 0 unspecified atom stereocenters. The molecule has 1 aliphatic carbocycles. The molecule has 0 radical (unpaired) electrons. The molecule has 134 valence electrons. The first-order chi connectivity index (χ1) is 12.2. The summed E-state index contributed by atoms with van der Waals surface area (Å²) in [7, 11) is 1.60. The predicted molar refractivity (Wildman–Crippen MR) is 92.7 cm³/mol. The molecule has 1 aliphatic rings. The maximum Gasteiger partial charge on any atom is 0.273 e. The van der Waals surface area contributed by atoms with Crippen LogP contribution in [0, 0.1) is 5.92 Å². The summed E-state index contributed by atoms with van der Waals surface area (Å²) in [5, 5.41) is 2.95. The van der Waals surface area contributed by atoms with Crippen molar-refractivity contribution in [3.63, 3.8) is 0 Å². The molecule has 3 rings (SSSR count). The van der Waals surface area contributed by atoms with Gasteiger partial charge < -0.3 is 19.2 Å². The van der Waals surface area contributed by atoms with Crippen LogP contribution in [0.5, 0.6) is 11.5 Å². The number of carbonyl (C=O) groups excluding carboxylic acids is 1. The molecule has 6 nitrogen and oxygen atoms in total. The highest BCUT2D eigenvalue weighted by molar-refractivity contribution is 5.91. The predicted octanol–water partition coefficient (Wildman–Crippen LogP) is 3.57. The van der Waals surface area contributed by atoms with Gasteiger partial charge in [0.25, 0.3) is 5.91 Å². The van der Waals surface area contributed by atoms with Crippen molar-refractivity contribution in [3.8, 4) is 11.5 Å². The summed E-state index contributed by atoms with van der Waals surface area (Å²) in [5.41, 5.74) is 0.292. The standard InChI is InChI=1S/C19H24N2O4/c1-23-15-8-5-9-16(10-15)24-13-18-21-17(12-25-18)19(22)20-11-14-6-3-2-4-7-14/h5,8-10,12,14H,2-4,6-7,11,13H2,1H3,(H,20,22). The maximum absolute atomic E-state index is 12.2. The SMILES string of the molecule is COc1cccc(OCc2nc(C(=O)NCC3CCCCC3)co2)c1. The van der Waals surface area contributed by atoms with Gasteiger partial charge >= 0.3 is 0 Å². The third-order valence-corrected chi connectivity index (χ3v) is 4.46. The Morgan fingerprint density at radius 2 is 2.08 bits per heavy atom. The van der Waals surface area contributed by atoms with Gasteiger partial charge in [-0.05, 0) is 30.9 Å². The summed E-state index contributed by atoms with van der Waals surface area (Å²) in [6, 6.07) is 7.28. The lowest BCUT2D eigenvalue weighted by Crippen LogP contribution is -2.30. The van der Waals surface area contributed by atoms with Crippen LogP contribution in [0.2, 0.25) is 0 Å². The van der Waals surface area contributed by atoms with Crippen LogP contribution in [-0.2, 0) is 6.61 Å². The zero-order valence-electron chi connectivity index (χ0n) is 14.5. The van der Waals surface area contributed by atoms with Crippen molar-refractivity contribution in [2.45, 2.75) is 38.7 Å². The van der Waals surface area contributed by atoms with Crippen LogP contribution < -0.4 is 14.8 Å². The molecular weight excluding hydrogens is 320 g/mol. The minimum absolute atomic E-state index is 0.156. The van der Waals surface area contributed by atoms with Crippen LogP contribution in [0.1, 0.15) is 48.5 Å². The van der Waals surface area contributed by atoms with Crippen molar-refractivity contribution in [2.75, 3.05) is 13.7 Å². The third-order valence-electron chi connectivity index (χ3n) is 4.46. The fraction of sp³-hybridized carbons (Fsp3) is 0.474. The van der Waals surface area contributed by atoms with E-state index in [1.54, 1.807) is 13.2 Å². The highest BCUT2D eigenvalue weighted by Crippen LogP contribution is 2.23. The lowest BCUT2D eigenvalue weighted by Gasteiger charge is -2.21. The maximum atomic E-state index is 12.2. The smallest absolute Gasteiger partial charge is 0.273 e. The van der Waals surface area contributed by atoms with Gasteiger partial charge in [0, 0.05) is 12.6 Å². The second kappa shape index (κ2) is 8.55. The number of carbonyl (C=O) groups is 1. The minimum Gasteiger partial charge on any atom is -0.497 e. The number of hydrogen-bond donors (Lipinski definition) is 1. The molecule has 1 aromatic heterocycles. The Balaban J connectivity index is 1.48. The molecule has 1 fully saturated rings. The van der Waals surface area contributed by atoms with Crippen molar-refractivity contribution >= 4 is 5.91 Å². The van der Waals surface area contributed by atoms with Crippen LogP contribution in [0.15, 0.2) is 34.9 Å². The van der Waals surface area contributed by atoms with Gasteiger partial charge in [-0.1, -0.05) is 25.3 Å². The topological polar surface area (TPSA) is 73.6 Å². The molecule has 2 aromatic rings. The zero-order valence-corrected chi connectivity index (χ0v) is 14.5. The van der Waals surface area contributed by atoms with E-state index in [0.717, 1.165) is 0 Å². The molecule has 0 atom stereocenters. The first-order valence-electron chi connectivity index (χ1n) is 8.74. The molecule has 0 aliphatic heterocycles. The van der Waals surface area contributed by atoms with E-state index in [2.05, 4.69) is 10.3 Å². The van der Waals surface area contributed by atoms with Crippen molar-refractivity contribution in [1.29, 1.82) is 0 Å². The molecule has 0 bridgehead atoms. The summed E-state index contributed by atoms with van der Waals surface area (Å²) >= 11 is 0. The quantitative estimate of drug-likeness (QED) is 0.831. The molecule has 25 heavy (non-hydrogen) atoms. The van der Waals surface area contributed by atoms with Gasteiger partial charge in [-0.3, -0.25) is 4.79 Å². The van der Waals surface area contributed by atoms with Gasteiger partial charge in [-0.15, -0.1) is 0 Å². The highest BCUT2D eigenvalue weighted by Gasteiger charge is 2.17. The Morgan fingerprint density at radius 1 is 1.28 bits per heavy atom. The Bertz CT molecular complexity index is 692. The van der Waals surface area contributed by atoms with E-state index in [0.29, 0.717) is 35.5 Å². The van der Waals surface area contributed by atoms with E-state index in [1.807, 2.05) is 18.2 Å². The monoisotopic (exact) mass is 344 g/mol. The first-order valence-corrected chi connectivity index (χ1v) is 8.74. The van der Waals surface area contributed by atoms with Crippen molar-refractivity contribution in [3.05, 3.63) is 42.1 Å². The Hall–Kier alpha value is -2.50. The molecule has 0 saturated heterocycles. The number of aromatic nitrogens is 1. The summed E-state index contributed by atoms with van der Waals surface area (Å²) in [4.78, 5) is 16.4. The van der Waals surface area contributed by atoms with Gasteiger partial charge in [-0.25, -0.2) is 4.98 Å². The van der Waals surface area contributed by atoms with E-state index >= 15 is 0 Å². The van der Waals surface area contributed by atoms with Crippen LogP contribution in [0.4, 0.5) is 0 Å². The van der Waals surface area contributed by atoms with E-state index in [4.69, 9.17) is 13.9 Å². The van der Waals surface area contributed by atoms with Crippen LogP contribution in [-0.4, -0.2) is 24.5 Å². The van der Waals surface area contributed by atoms with E-state index in [9.17, 15) is 4.79 Å². The average Bonchev–Trinajstić information content (AvgIpc) is 3.14. The van der Waals surface area contributed by atoms with Crippen molar-refractivity contribution in [1.82, 2.24) is 10.3 Å². The molecule has 1 heterocycles. The van der Waals surface area contributed by atoms with E-state index in [1.165, 1.54) is 38.4 Å².